The molecular formula is C27H33N3O. The van der Waals surface area contributed by atoms with E-state index in [-0.39, 0.29) is 0 Å². The average Bonchev–Trinajstić information content (AvgIpc) is 2.74. The molecule has 1 aromatic heterocycles. The summed E-state index contributed by atoms with van der Waals surface area (Å²) in [5.41, 5.74) is 6.54. The van der Waals surface area contributed by atoms with Gasteiger partial charge >= 0.3 is 0 Å². The largest absolute Gasteiger partial charge is 0.508 e. The average molecular weight is 416 g/mol. The topological polar surface area (TPSA) is 58.0 Å². The highest BCUT2D eigenvalue weighted by Crippen LogP contribution is 2.21. The second-order valence-electron chi connectivity index (χ2n) is 8.67. The summed E-state index contributed by atoms with van der Waals surface area (Å²) in [5, 5.41) is 25.2. The van der Waals surface area contributed by atoms with Gasteiger partial charge in [-0.15, -0.1) is 5.10 Å². The van der Waals surface area contributed by atoms with Crippen molar-refractivity contribution in [2.24, 2.45) is 0 Å². The highest BCUT2D eigenvalue weighted by atomic mass is 16.3. The predicted molar refractivity (Wildman–Crippen MR) is 130 cm³/mol. The van der Waals surface area contributed by atoms with Gasteiger partial charge < -0.3 is 10.4 Å². The van der Waals surface area contributed by atoms with Crippen molar-refractivity contribution in [1.82, 2.24) is 10.2 Å². The maximum atomic E-state index is 10.4. The fourth-order valence-electron chi connectivity index (χ4n) is 4.02. The summed E-state index contributed by atoms with van der Waals surface area (Å²) in [6.45, 7) is 13.3. The number of phenolic OH excluding ortho intramolecular Hbond substituents is 1. The molecule has 1 atom stereocenters. The molecule has 1 heterocycles. The van der Waals surface area contributed by atoms with Gasteiger partial charge in [-0.2, -0.15) is 5.10 Å². The Kier molecular flexibility index (Phi) is 7.11. The number of nitrogens with one attached hydrogen (secondary N) is 1. The highest BCUT2D eigenvalue weighted by molar-refractivity contribution is 5.59. The Hall–Kier alpha value is -3.14. The molecule has 0 saturated carbocycles. The number of aromatic nitrogens is 2. The smallest absolute Gasteiger partial charge is 0.156 e. The lowest BCUT2D eigenvalue weighted by Gasteiger charge is -2.16. The first-order valence-electron chi connectivity index (χ1n) is 10.9. The number of benzene rings is 2. The van der Waals surface area contributed by atoms with Gasteiger partial charge in [-0.05, 0) is 69.7 Å². The molecule has 0 aliphatic rings. The van der Waals surface area contributed by atoms with Gasteiger partial charge in [0.1, 0.15) is 5.75 Å². The molecule has 4 heteroatoms. The van der Waals surface area contributed by atoms with E-state index in [1.807, 2.05) is 38.1 Å². The normalized spacial score (nSPS) is 13.0. The number of nitrogens with zero attached hydrogens (tertiary/aromatic N) is 2. The Bertz CT molecular complexity index is 1180. The van der Waals surface area contributed by atoms with Crippen LogP contribution in [-0.2, 0) is 6.42 Å². The number of aromatic hydroxyl groups is 1. The van der Waals surface area contributed by atoms with Gasteiger partial charge in [-0.3, -0.25) is 0 Å². The van der Waals surface area contributed by atoms with E-state index >= 15 is 0 Å². The number of aryl methyl sites for hydroxylation is 2. The van der Waals surface area contributed by atoms with E-state index in [1.54, 1.807) is 0 Å². The molecule has 3 rings (SSSR count). The Morgan fingerprint density at radius 3 is 2.32 bits per heavy atom. The first kappa shape index (κ1) is 22.5. The van der Waals surface area contributed by atoms with Crippen molar-refractivity contribution >= 4 is 17.0 Å². The fraction of sp³-hybridized carbons (Fsp3) is 0.333. The molecule has 4 nitrogen and oxygen atoms in total. The number of phenols is 1. The third-order valence-corrected chi connectivity index (χ3v) is 5.72. The Balaban J connectivity index is 2.05. The first-order valence-corrected chi connectivity index (χ1v) is 10.9. The lowest BCUT2D eigenvalue weighted by molar-refractivity contribution is 0.469. The van der Waals surface area contributed by atoms with Crippen LogP contribution < -0.4 is 15.8 Å². The minimum atomic E-state index is 0.337. The van der Waals surface area contributed by atoms with Crippen molar-refractivity contribution in [3.05, 3.63) is 81.4 Å². The number of hydrogen-bond acceptors (Lipinski definition) is 4. The van der Waals surface area contributed by atoms with Gasteiger partial charge in [0, 0.05) is 17.0 Å². The van der Waals surface area contributed by atoms with E-state index < -0.39 is 0 Å². The molecule has 2 aromatic carbocycles. The maximum absolute atomic E-state index is 10.4. The Labute approximate surface area is 185 Å². The molecule has 0 radical (unpaired) electrons. The molecule has 31 heavy (non-hydrogen) atoms. The van der Waals surface area contributed by atoms with Gasteiger partial charge in [-0.1, -0.05) is 60.5 Å². The van der Waals surface area contributed by atoms with Gasteiger partial charge in [0.2, 0.25) is 0 Å². The van der Waals surface area contributed by atoms with Crippen molar-refractivity contribution in [1.29, 1.82) is 0 Å². The third kappa shape index (κ3) is 5.32. The summed E-state index contributed by atoms with van der Waals surface area (Å²) in [5.74, 6) is 1.48. The lowest BCUT2D eigenvalue weighted by Crippen LogP contribution is -2.37. The second kappa shape index (κ2) is 9.78. The summed E-state index contributed by atoms with van der Waals surface area (Å²) < 4.78 is 0. The number of rotatable bonds is 6. The van der Waals surface area contributed by atoms with Crippen molar-refractivity contribution in [2.45, 2.75) is 53.9 Å². The summed E-state index contributed by atoms with van der Waals surface area (Å²) in [6, 6.07) is 16.3. The third-order valence-electron chi connectivity index (χ3n) is 5.72. The van der Waals surface area contributed by atoms with E-state index in [1.165, 1.54) is 11.1 Å². The summed E-state index contributed by atoms with van der Waals surface area (Å²) in [7, 11) is 0. The summed E-state index contributed by atoms with van der Waals surface area (Å²) >= 11 is 0. The van der Waals surface area contributed by atoms with Gasteiger partial charge in [0.15, 0.2) is 5.82 Å². The molecule has 2 N–H and O–H groups in total. The van der Waals surface area contributed by atoms with Crippen LogP contribution in [0.4, 0.5) is 5.82 Å². The van der Waals surface area contributed by atoms with Crippen molar-refractivity contribution in [3.8, 4) is 5.75 Å². The number of hydrogen-bond donors (Lipinski definition) is 2. The van der Waals surface area contributed by atoms with Crippen LogP contribution >= 0.6 is 0 Å². The zero-order valence-electron chi connectivity index (χ0n) is 19.5. The fourth-order valence-corrected chi connectivity index (χ4v) is 4.02. The first-order chi connectivity index (χ1) is 14.8. The quantitative estimate of drug-likeness (QED) is 0.617. The van der Waals surface area contributed by atoms with Gasteiger partial charge in [0.05, 0.1) is 5.69 Å². The van der Waals surface area contributed by atoms with E-state index in [2.05, 4.69) is 67.5 Å². The monoisotopic (exact) mass is 415 g/mol. The molecular weight excluding hydrogens is 382 g/mol. The van der Waals surface area contributed by atoms with Crippen molar-refractivity contribution in [2.75, 3.05) is 11.9 Å². The van der Waals surface area contributed by atoms with Crippen LogP contribution in [0.2, 0.25) is 0 Å². The lowest BCUT2D eigenvalue weighted by atomic mass is 9.99. The molecule has 0 saturated heterocycles. The van der Waals surface area contributed by atoms with Crippen LogP contribution in [0, 0.1) is 13.8 Å². The SMILES string of the molecule is CC(C)=c1c(C)nnc(NCC(C)c2ccccc2)/c1=C(\C)Cc1ccc(C)cc1O. The number of anilines is 1. The highest BCUT2D eigenvalue weighted by Gasteiger charge is 2.12. The molecule has 0 fully saturated rings. The molecule has 0 aliphatic carbocycles. The minimum absolute atomic E-state index is 0.337. The molecule has 1 unspecified atom stereocenters. The predicted octanol–water partition coefficient (Wildman–Crippen LogP) is 4.62. The van der Waals surface area contributed by atoms with E-state index in [0.717, 1.165) is 45.2 Å². The van der Waals surface area contributed by atoms with Gasteiger partial charge in [-0.25, -0.2) is 0 Å². The van der Waals surface area contributed by atoms with Crippen LogP contribution in [0.5, 0.6) is 5.75 Å². The van der Waals surface area contributed by atoms with Crippen LogP contribution in [0.3, 0.4) is 0 Å². The minimum Gasteiger partial charge on any atom is -0.508 e. The van der Waals surface area contributed by atoms with E-state index in [0.29, 0.717) is 18.1 Å². The molecule has 0 aliphatic heterocycles. The zero-order valence-corrected chi connectivity index (χ0v) is 19.5. The van der Waals surface area contributed by atoms with Gasteiger partial charge in [0.25, 0.3) is 0 Å². The molecule has 0 bridgehead atoms. The zero-order chi connectivity index (χ0) is 22.5. The summed E-state index contributed by atoms with van der Waals surface area (Å²) in [4.78, 5) is 0. The van der Waals surface area contributed by atoms with Crippen LogP contribution in [0.25, 0.3) is 11.1 Å². The molecule has 0 spiro atoms. The Morgan fingerprint density at radius 2 is 1.68 bits per heavy atom. The van der Waals surface area contributed by atoms with Crippen LogP contribution in [0.15, 0.2) is 48.5 Å². The maximum Gasteiger partial charge on any atom is 0.156 e. The Morgan fingerprint density at radius 1 is 0.968 bits per heavy atom. The molecule has 3 aromatic rings. The van der Waals surface area contributed by atoms with Crippen LogP contribution in [0.1, 0.15) is 56.0 Å². The van der Waals surface area contributed by atoms with Crippen molar-refractivity contribution < 1.29 is 5.11 Å². The second-order valence-corrected chi connectivity index (χ2v) is 8.67. The molecule has 162 valence electrons. The van der Waals surface area contributed by atoms with E-state index in [4.69, 9.17) is 0 Å². The van der Waals surface area contributed by atoms with Crippen molar-refractivity contribution in [3.63, 3.8) is 0 Å². The summed E-state index contributed by atoms with van der Waals surface area (Å²) in [6.07, 6.45) is 0.653. The molecule has 0 amide bonds. The standard InChI is InChI=1S/C27H33N3O/c1-17(2)25-21(6)29-30-27(28-16-20(5)22-10-8-7-9-11-22)26(25)19(4)15-23-13-12-18(3)14-24(23)31/h7-14,20,31H,15-16H2,1-6H3,(H,28,30)/b26-19+. The van der Waals surface area contributed by atoms with E-state index in [9.17, 15) is 5.11 Å². The van der Waals surface area contributed by atoms with Crippen LogP contribution in [-0.4, -0.2) is 21.8 Å².